The van der Waals surface area contributed by atoms with Gasteiger partial charge in [-0.15, -0.1) is 0 Å². The number of piperazine rings is 1. The maximum absolute atomic E-state index is 15.0. The predicted octanol–water partition coefficient (Wildman–Crippen LogP) is 2.22. The first-order valence-corrected chi connectivity index (χ1v) is 15.1. The van der Waals surface area contributed by atoms with Crippen LogP contribution in [0, 0.1) is 11.7 Å². The lowest BCUT2D eigenvalue weighted by Gasteiger charge is -2.36. The number of carbonyl (C=O) groups excluding carboxylic acids is 1. The Labute approximate surface area is 206 Å². The zero-order valence-corrected chi connectivity index (χ0v) is 21.3. The van der Waals surface area contributed by atoms with Gasteiger partial charge in [0.15, 0.2) is 0 Å². The Kier molecular flexibility index (Phi) is 7.48. The van der Waals surface area contributed by atoms with E-state index in [1.807, 2.05) is 9.80 Å². The van der Waals surface area contributed by atoms with Gasteiger partial charge >= 0.3 is 0 Å². The highest BCUT2D eigenvalue weighted by Crippen LogP contribution is 2.31. The third kappa shape index (κ3) is 6.39. The summed E-state index contributed by atoms with van der Waals surface area (Å²) in [4.78, 5) is 16.1. The van der Waals surface area contributed by atoms with Crippen molar-refractivity contribution >= 4 is 31.6 Å². The molecule has 1 heterocycles. The van der Waals surface area contributed by atoms with Crippen LogP contribution in [0.2, 0.25) is 0 Å². The highest BCUT2D eigenvalue weighted by atomic mass is 32.3. The molecule has 0 atom stereocenters. The van der Waals surface area contributed by atoms with Gasteiger partial charge in [-0.2, -0.15) is 0 Å². The Bertz CT molecular complexity index is 1270. The van der Waals surface area contributed by atoms with E-state index in [2.05, 4.69) is 0 Å². The van der Waals surface area contributed by atoms with Crippen molar-refractivity contribution in [3.63, 3.8) is 0 Å². The van der Waals surface area contributed by atoms with Crippen LogP contribution in [-0.4, -0.2) is 69.5 Å². The monoisotopic (exact) mass is 523 g/mol. The molecule has 0 spiro atoms. The summed E-state index contributed by atoms with van der Waals surface area (Å²) in [5, 5.41) is 0. The van der Waals surface area contributed by atoms with Gasteiger partial charge in [0.2, 0.25) is 26.0 Å². The Morgan fingerprint density at radius 3 is 2.23 bits per heavy atom. The van der Waals surface area contributed by atoms with Crippen molar-refractivity contribution in [1.82, 2.24) is 8.61 Å². The quantitative estimate of drug-likeness (QED) is 0.500. The first kappa shape index (κ1) is 25.6. The number of hydrogen-bond donors (Lipinski definition) is 0. The summed E-state index contributed by atoms with van der Waals surface area (Å²) in [5.41, 5.74) is 1.35. The summed E-state index contributed by atoms with van der Waals surface area (Å²) < 4.78 is 65.9. The van der Waals surface area contributed by atoms with Gasteiger partial charge in [-0.1, -0.05) is 40.1 Å². The van der Waals surface area contributed by atoms with Crippen molar-refractivity contribution in [3.8, 4) is 0 Å². The van der Waals surface area contributed by atoms with Crippen LogP contribution in [0.3, 0.4) is 0 Å². The van der Waals surface area contributed by atoms with Crippen LogP contribution in [0.4, 0.5) is 10.1 Å². The number of carbonyl (C=O) groups is 1. The SMILES string of the molecule is CS(=O)(=O)N(Cc1ccc(N2CCN(C(=O)C3CC3)CC2)cc1F)S(=O)(=O)CCc1ccccc1. The standard InChI is InChI=1S/C24H30FN3O5S2/c1-34(30,31)28(35(32,33)16-11-19-5-3-2-4-6-19)18-21-9-10-22(17-23(21)25)26-12-14-27(15-13-26)24(29)20-7-8-20/h2-6,9-10,17,20H,7-8,11-16,18H2,1H3. The molecule has 4 rings (SSSR count). The molecule has 0 N–H and O–H groups in total. The molecule has 1 aliphatic carbocycles. The van der Waals surface area contributed by atoms with Crippen molar-refractivity contribution in [2.75, 3.05) is 43.1 Å². The van der Waals surface area contributed by atoms with Crippen molar-refractivity contribution in [2.45, 2.75) is 25.8 Å². The summed E-state index contributed by atoms with van der Waals surface area (Å²) in [7, 11) is -8.37. The Hall–Kier alpha value is -2.50. The van der Waals surface area contributed by atoms with E-state index in [1.165, 1.54) is 12.1 Å². The minimum Gasteiger partial charge on any atom is -0.368 e. The number of hydrogen-bond acceptors (Lipinski definition) is 6. The lowest BCUT2D eigenvalue weighted by atomic mass is 10.1. The molecular formula is C24H30FN3O5S2. The van der Waals surface area contributed by atoms with Crippen LogP contribution in [0.1, 0.15) is 24.0 Å². The molecule has 1 saturated carbocycles. The fourth-order valence-corrected chi connectivity index (χ4v) is 7.47. The maximum atomic E-state index is 15.0. The molecule has 8 nitrogen and oxygen atoms in total. The lowest BCUT2D eigenvalue weighted by molar-refractivity contribution is -0.132. The minimum absolute atomic E-state index is 0.0231. The number of rotatable bonds is 9. The molecule has 2 aromatic rings. The fourth-order valence-electron chi connectivity index (χ4n) is 4.19. The van der Waals surface area contributed by atoms with E-state index in [0.29, 0.717) is 35.6 Å². The third-order valence-corrected chi connectivity index (χ3v) is 10.2. The van der Waals surface area contributed by atoms with Crippen molar-refractivity contribution in [1.29, 1.82) is 0 Å². The topological polar surface area (TPSA) is 95.1 Å². The molecule has 35 heavy (non-hydrogen) atoms. The van der Waals surface area contributed by atoms with Gasteiger partial charge in [-0.3, -0.25) is 4.79 Å². The summed E-state index contributed by atoms with van der Waals surface area (Å²) >= 11 is 0. The van der Waals surface area contributed by atoms with Crippen molar-refractivity contribution in [3.05, 3.63) is 65.5 Å². The molecule has 1 saturated heterocycles. The first-order chi connectivity index (χ1) is 16.5. The lowest BCUT2D eigenvalue weighted by Crippen LogP contribution is -2.49. The summed E-state index contributed by atoms with van der Waals surface area (Å²) in [6.45, 7) is 1.67. The molecule has 0 radical (unpaired) electrons. The zero-order chi connectivity index (χ0) is 25.2. The van der Waals surface area contributed by atoms with Gasteiger partial charge in [-0.05, 0) is 37.0 Å². The van der Waals surface area contributed by atoms with E-state index >= 15 is 4.39 Å². The van der Waals surface area contributed by atoms with Gasteiger partial charge in [0.1, 0.15) is 5.82 Å². The summed E-state index contributed by atoms with van der Waals surface area (Å²) in [6, 6.07) is 13.3. The molecule has 190 valence electrons. The van der Waals surface area contributed by atoms with E-state index in [9.17, 15) is 21.6 Å². The van der Waals surface area contributed by atoms with Gasteiger partial charge < -0.3 is 9.80 Å². The van der Waals surface area contributed by atoms with Crippen molar-refractivity contribution in [2.24, 2.45) is 5.92 Å². The Morgan fingerprint density at radius 1 is 1.00 bits per heavy atom. The van der Waals surface area contributed by atoms with E-state index in [0.717, 1.165) is 24.7 Å². The van der Waals surface area contributed by atoms with E-state index in [4.69, 9.17) is 0 Å². The first-order valence-electron chi connectivity index (χ1n) is 11.6. The molecule has 2 aliphatic rings. The van der Waals surface area contributed by atoms with E-state index in [1.54, 1.807) is 36.4 Å². The maximum Gasteiger partial charge on any atom is 0.227 e. The number of nitrogens with zero attached hydrogens (tertiary/aromatic N) is 3. The van der Waals surface area contributed by atoms with Crippen LogP contribution in [0.15, 0.2) is 48.5 Å². The summed E-state index contributed by atoms with van der Waals surface area (Å²) in [5.74, 6) is -0.723. The molecule has 1 amide bonds. The second-order valence-corrected chi connectivity index (χ2v) is 13.3. The van der Waals surface area contributed by atoms with E-state index < -0.39 is 38.2 Å². The van der Waals surface area contributed by atoms with Gasteiger partial charge in [0, 0.05) is 43.3 Å². The number of sulfonamides is 2. The molecule has 11 heteroatoms. The minimum atomic E-state index is -4.21. The number of anilines is 1. The van der Waals surface area contributed by atoms with Gasteiger partial charge in [0.25, 0.3) is 0 Å². The van der Waals surface area contributed by atoms with Gasteiger partial charge in [0.05, 0.1) is 18.6 Å². The fraction of sp³-hybridized carbons (Fsp3) is 0.458. The smallest absolute Gasteiger partial charge is 0.227 e. The van der Waals surface area contributed by atoms with Crippen LogP contribution >= 0.6 is 0 Å². The zero-order valence-electron chi connectivity index (χ0n) is 19.6. The molecule has 0 bridgehead atoms. The Balaban J connectivity index is 1.44. The highest BCUT2D eigenvalue weighted by Gasteiger charge is 2.35. The Morgan fingerprint density at radius 2 is 1.66 bits per heavy atom. The molecule has 2 aromatic carbocycles. The predicted molar refractivity (Wildman–Crippen MR) is 132 cm³/mol. The molecule has 0 unspecified atom stereocenters. The van der Waals surface area contributed by atoms with Crippen LogP contribution in [0.5, 0.6) is 0 Å². The summed E-state index contributed by atoms with van der Waals surface area (Å²) in [6.07, 6.45) is 2.87. The second kappa shape index (κ2) is 10.2. The van der Waals surface area contributed by atoms with Crippen LogP contribution < -0.4 is 4.90 Å². The second-order valence-electron chi connectivity index (χ2n) is 9.11. The number of halogens is 1. The largest absolute Gasteiger partial charge is 0.368 e. The highest BCUT2D eigenvalue weighted by molar-refractivity contribution is 8.03. The average Bonchev–Trinajstić information content (AvgIpc) is 3.67. The van der Waals surface area contributed by atoms with Crippen LogP contribution in [-0.2, 0) is 37.8 Å². The molecule has 1 aliphatic heterocycles. The van der Waals surface area contributed by atoms with E-state index in [-0.39, 0.29) is 23.8 Å². The third-order valence-electron chi connectivity index (χ3n) is 6.39. The van der Waals surface area contributed by atoms with Crippen LogP contribution in [0.25, 0.3) is 0 Å². The van der Waals surface area contributed by atoms with Gasteiger partial charge in [-0.25, -0.2) is 21.2 Å². The van der Waals surface area contributed by atoms with Crippen molar-refractivity contribution < 1.29 is 26.0 Å². The normalized spacial score (nSPS) is 17.1. The number of amides is 1. The number of aryl methyl sites for hydroxylation is 1. The number of benzene rings is 2. The molecule has 0 aromatic heterocycles. The molecular weight excluding hydrogens is 493 g/mol. The average molecular weight is 524 g/mol. The molecule has 2 fully saturated rings.